The summed E-state index contributed by atoms with van der Waals surface area (Å²) < 4.78 is 52.2. The monoisotopic (exact) mass is 567 g/mol. The Kier molecular flexibility index (Phi) is 5.82. The lowest BCUT2D eigenvalue weighted by Crippen LogP contribution is -2.36. The fourth-order valence-electron chi connectivity index (χ4n) is 4.83. The van der Waals surface area contributed by atoms with E-state index >= 15 is 0 Å². The van der Waals surface area contributed by atoms with E-state index in [2.05, 4.69) is 30.8 Å². The highest BCUT2D eigenvalue weighted by Gasteiger charge is 2.48. The molecule has 14 heteroatoms. The molecule has 4 aromatic rings. The molecule has 7 rings (SSSR count). The van der Waals surface area contributed by atoms with Crippen molar-refractivity contribution in [3.8, 4) is 11.6 Å². The number of fused-ring (bicyclic) bond motifs is 2. The van der Waals surface area contributed by atoms with Crippen LogP contribution in [-0.2, 0) is 15.7 Å². The molecule has 1 aliphatic carbocycles. The molecule has 1 amide bonds. The van der Waals surface area contributed by atoms with Crippen molar-refractivity contribution >= 4 is 39.7 Å². The van der Waals surface area contributed by atoms with Crippen LogP contribution in [0.5, 0.6) is 0 Å². The first-order valence-corrected chi connectivity index (χ1v) is 13.3. The summed E-state index contributed by atoms with van der Waals surface area (Å²) in [6.07, 6.45) is -5.07. The van der Waals surface area contributed by atoms with Crippen LogP contribution in [0.15, 0.2) is 64.0 Å². The fraction of sp³-hybridized carbons (Fsp3) is 0.269. The SMILES string of the molecule is O=C1Nc2ccccc2C(c2ccccc2)=N[C@H]1Nc1nnc(-c2nc(C(F)(F)F)sc2N2CCO[C@H]3C[C@H]32)o1. The molecule has 4 heterocycles. The molecule has 2 aromatic carbocycles. The first kappa shape index (κ1) is 24.7. The molecule has 2 aliphatic heterocycles. The Morgan fingerprint density at radius 2 is 1.88 bits per heavy atom. The molecular formula is C26H20F3N7O3S. The highest BCUT2D eigenvalue weighted by atomic mass is 32.1. The third kappa shape index (κ3) is 4.48. The first-order chi connectivity index (χ1) is 19.3. The van der Waals surface area contributed by atoms with Crippen LogP contribution in [0, 0.1) is 0 Å². The Bertz CT molecular complexity index is 1620. The Morgan fingerprint density at radius 3 is 2.70 bits per heavy atom. The van der Waals surface area contributed by atoms with E-state index in [1.807, 2.05) is 47.4 Å². The molecule has 0 unspecified atom stereocenters. The lowest BCUT2D eigenvalue weighted by atomic mass is 10.0. The number of aromatic nitrogens is 3. The number of rotatable bonds is 5. The van der Waals surface area contributed by atoms with Crippen LogP contribution in [-0.4, -0.2) is 58.3 Å². The van der Waals surface area contributed by atoms with Gasteiger partial charge in [-0.05, 0) is 12.5 Å². The van der Waals surface area contributed by atoms with E-state index < -0.39 is 23.3 Å². The van der Waals surface area contributed by atoms with Gasteiger partial charge in [0.05, 0.1) is 30.2 Å². The molecule has 0 spiro atoms. The van der Waals surface area contributed by atoms with Gasteiger partial charge in [-0.3, -0.25) is 4.79 Å². The van der Waals surface area contributed by atoms with E-state index in [-0.39, 0.29) is 29.7 Å². The number of ether oxygens (including phenoxy) is 1. The van der Waals surface area contributed by atoms with E-state index in [0.29, 0.717) is 40.9 Å². The number of benzodiazepines with no additional fused rings is 1. The molecule has 1 saturated heterocycles. The topological polar surface area (TPSA) is 118 Å². The van der Waals surface area contributed by atoms with Gasteiger partial charge in [-0.15, -0.1) is 5.10 Å². The van der Waals surface area contributed by atoms with Crippen molar-refractivity contribution in [3.05, 3.63) is 70.7 Å². The number of alkyl halides is 3. The second kappa shape index (κ2) is 9.41. The number of morpholine rings is 1. The number of carbonyl (C=O) groups is 1. The molecule has 204 valence electrons. The van der Waals surface area contributed by atoms with Gasteiger partial charge in [-0.1, -0.05) is 65.0 Å². The number of anilines is 3. The largest absolute Gasteiger partial charge is 0.443 e. The quantitative estimate of drug-likeness (QED) is 0.364. The van der Waals surface area contributed by atoms with Gasteiger partial charge in [0.2, 0.25) is 11.2 Å². The van der Waals surface area contributed by atoms with Crippen molar-refractivity contribution in [3.63, 3.8) is 0 Å². The summed E-state index contributed by atoms with van der Waals surface area (Å²) in [7, 11) is 0. The second-order valence-electron chi connectivity index (χ2n) is 9.41. The van der Waals surface area contributed by atoms with Crippen molar-refractivity contribution in [2.45, 2.75) is 30.9 Å². The molecule has 3 atom stereocenters. The van der Waals surface area contributed by atoms with Crippen LogP contribution in [0.4, 0.5) is 29.9 Å². The maximum Gasteiger partial charge on any atom is 0.443 e. The van der Waals surface area contributed by atoms with E-state index in [9.17, 15) is 18.0 Å². The van der Waals surface area contributed by atoms with E-state index in [4.69, 9.17) is 9.15 Å². The third-order valence-corrected chi connectivity index (χ3v) is 7.90. The van der Waals surface area contributed by atoms with Gasteiger partial charge in [0.25, 0.3) is 11.8 Å². The van der Waals surface area contributed by atoms with Crippen LogP contribution >= 0.6 is 11.3 Å². The van der Waals surface area contributed by atoms with Gasteiger partial charge in [0.15, 0.2) is 5.69 Å². The van der Waals surface area contributed by atoms with Crippen molar-refractivity contribution in [1.29, 1.82) is 0 Å². The summed E-state index contributed by atoms with van der Waals surface area (Å²) in [6, 6.07) is 16.5. The maximum atomic E-state index is 13.6. The van der Waals surface area contributed by atoms with Gasteiger partial charge >= 0.3 is 12.2 Å². The van der Waals surface area contributed by atoms with Crippen LogP contribution in [0.2, 0.25) is 0 Å². The number of nitrogens with one attached hydrogen (secondary N) is 2. The average Bonchev–Trinajstić information content (AvgIpc) is 3.42. The molecule has 3 aliphatic rings. The van der Waals surface area contributed by atoms with Gasteiger partial charge in [0.1, 0.15) is 5.00 Å². The zero-order chi connectivity index (χ0) is 27.4. The predicted molar refractivity (Wildman–Crippen MR) is 140 cm³/mol. The van der Waals surface area contributed by atoms with Crippen LogP contribution in [0.1, 0.15) is 22.6 Å². The zero-order valence-corrected chi connectivity index (χ0v) is 21.4. The smallest absolute Gasteiger partial charge is 0.402 e. The predicted octanol–water partition coefficient (Wildman–Crippen LogP) is 4.42. The Morgan fingerprint density at radius 1 is 1.07 bits per heavy atom. The Labute approximate surface area is 228 Å². The van der Waals surface area contributed by atoms with E-state index in [0.717, 1.165) is 17.5 Å². The van der Waals surface area contributed by atoms with Gasteiger partial charge < -0.3 is 24.7 Å². The van der Waals surface area contributed by atoms with Crippen molar-refractivity contribution in [1.82, 2.24) is 15.2 Å². The number of aliphatic imine (C=N–C) groups is 1. The number of hydrogen-bond acceptors (Lipinski definition) is 10. The molecule has 2 fully saturated rings. The number of para-hydroxylation sites is 1. The van der Waals surface area contributed by atoms with Crippen LogP contribution in [0.25, 0.3) is 11.6 Å². The standard InChI is InChI=1S/C26H20F3N7O3S/c27-26(28,29)24-32-19(23(40-24)36-10-11-38-17-12-16(17)36)22-34-35-25(39-22)33-20-21(37)30-15-9-5-4-8-14(15)18(31-20)13-6-2-1-3-7-13/h1-9,16-17,20H,10-12H2,(H,30,37)(H,33,35)/t16-,17+,20+/m1/s1. The first-order valence-electron chi connectivity index (χ1n) is 12.5. The number of benzene rings is 2. The summed E-state index contributed by atoms with van der Waals surface area (Å²) >= 11 is 0.537. The normalized spacial score (nSPS) is 22.1. The number of hydrogen-bond donors (Lipinski definition) is 2. The minimum Gasteiger partial charge on any atom is -0.402 e. The number of carbonyl (C=O) groups excluding carboxylic acids is 1. The van der Waals surface area contributed by atoms with Gasteiger partial charge in [-0.2, -0.15) is 13.2 Å². The fourth-order valence-corrected chi connectivity index (χ4v) is 5.84. The molecular weight excluding hydrogens is 547 g/mol. The van der Waals surface area contributed by atoms with Crippen LogP contribution in [0.3, 0.4) is 0 Å². The lowest BCUT2D eigenvalue weighted by Gasteiger charge is -2.27. The minimum absolute atomic E-state index is 0.00695. The molecule has 2 N–H and O–H groups in total. The summed E-state index contributed by atoms with van der Waals surface area (Å²) in [4.78, 5) is 23.5. The van der Waals surface area contributed by atoms with Gasteiger partial charge in [0, 0.05) is 17.7 Å². The van der Waals surface area contributed by atoms with Crippen molar-refractivity contribution in [2.24, 2.45) is 4.99 Å². The highest BCUT2D eigenvalue weighted by Crippen LogP contribution is 2.47. The number of halogens is 3. The summed E-state index contributed by atoms with van der Waals surface area (Å²) in [5.74, 6) is -0.669. The Hall–Kier alpha value is -4.30. The molecule has 40 heavy (non-hydrogen) atoms. The zero-order valence-electron chi connectivity index (χ0n) is 20.6. The molecule has 0 radical (unpaired) electrons. The molecule has 0 bridgehead atoms. The van der Waals surface area contributed by atoms with Crippen molar-refractivity contribution in [2.75, 3.05) is 28.7 Å². The minimum atomic E-state index is -4.63. The van der Waals surface area contributed by atoms with E-state index in [1.165, 1.54) is 0 Å². The average molecular weight is 568 g/mol. The summed E-state index contributed by atoms with van der Waals surface area (Å²) in [5, 5.41) is 12.9. The molecule has 1 saturated carbocycles. The lowest BCUT2D eigenvalue weighted by molar-refractivity contribution is -0.137. The van der Waals surface area contributed by atoms with Crippen LogP contribution < -0.4 is 15.5 Å². The number of thiazole rings is 1. The highest BCUT2D eigenvalue weighted by molar-refractivity contribution is 7.16. The van der Waals surface area contributed by atoms with E-state index in [1.54, 1.807) is 12.1 Å². The maximum absolute atomic E-state index is 13.6. The third-order valence-electron chi connectivity index (χ3n) is 6.76. The molecule has 10 nitrogen and oxygen atoms in total. The van der Waals surface area contributed by atoms with Crippen molar-refractivity contribution < 1.29 is 27.1 Å². The summed E-state index contributed by atoms with van der Waals surface area (Å²) in [5.41, 5.74) is 2.61. The number of amides is 1. The Balaban J connectivity index is 1.22. The summed E-state index contributed by atoms with van der Waals surface area (Å²) in [6.45, 7) is 0.824. The molecule has 2 aromatic heterocycles. The number of nitrogens with zero attached hydrogens (tertiary/aromatic N) is 5. The van der Waals surface area contributed by atoms with Gasteiger partial charge in [-0.25, -0.2) is 9.98 Å². The second-order valence-corrected chi connectivity index (χ2v) is 10.4.